The summed E-state index contributed by atoms with van der Waals surface area (Å²) in [6.07, 6.45) is 3.18. The summed E-state index contributed by atoms with van der Waals surface area (Å²) in [5.74, 6) is 0.359. The predicted molar refractivity (Wildman–Crippen MR) is 136 cm³/mol. The summed E-state index contributed by atoms with van der Waals surface area (Å²) in [5, 5.41) is 3.61. The van der Waals surface area contributed by atoms with Crippen LogP contribution in [0.25, 0.3) is 0 Å². The lowest BCUT2D eigenvalue weighted by atomic mass is 9.74. The predicted octanol–water partition coefficient (Wildman–Crippen LogP) is 2.18. The normalized spacial score (nSPS) is 31.1. The van der Waals surface area contributed by atoms with E-state index in [1.165, 1.54) is 16.7 Å². The fourth-order valence-corrected chi connectivity index (χ4v) is 6.39. The minimum Gasteiger partial charge on any atom is -0.399 e. The topological polar surface area (TPSA) is 80.3 Å². The minimum absolute atomic E-state index is 0.0256. The van der Waals surface area contributed by atoms with Crippen LogP contribution in [0.15, 0.2) is 12.1 Å². The van der Waals surface area contributed by atoms with Gasteiger partial charge in [-0.1, -0.05) is 12.1 Å². The number of Topliss-reactive ketones (excluding diaryl/α,β-unsaturated/α-hetero) is 1. The van der Waals surface area contributed by atoms with E-state index in [9.17, 15) is 9.59 Å². The molecule has 1 N–H and O–H groups in total. The van der Waals surface area contributed by atoms with E-state index >= 15 is 0 Å². The number of urea groups is 1. The van der Waals surface area contributed by atoms with Crippen LogP contribution in [0.4, 0.5) is 4.79 Å². The monoisotopic (exact) mass is 495 g/mol. The van der Waals surface area contributed by atoms with Crippen molar-refractivity contribution in [2.24, 2.45) is 5.92 Å². The molecule has 2 unspecified atom stereocenters. The highest BCUT2D eigenvalue weighted by Crippen LogP contribution is 2.38. The Morgan fingerprint density at radius 2 is 1.92 bits per heavy atom. The van der Waals surface area contributed by atoms with Crippen LogP contribution in [0.5, 0.6) is 0 Å². The zero-order valence-corrected chi connectivity index (χ0v) is 22.0. The molecule has 0 radical (unpaired) electrons. The van der Waals surface area contributed by atoms with Gasteiger partial charge in [0.15, 0.2) is 0 Å². The third-order valence-corrected chi connectivity index (χ3v) is 9.34. The maximum Gasteiger partial charge on any atom is 0.494 e. The number of rotatable bonds is 2. The molecule has 6 aliphatic rings. The highest BCUT2D eigenvalue weighted by molar-refractivity contribution is 6.62. The lowest BCUT2D eigenvalue weighted by Crippen LogP contribution is -2.58. The van der Waals surface area contributed by atoms with Crippen LogP contribution < -0.4 is 10.8 Å². The second kappa shape index (κ2) is 8.83. The van der Waals surface area contributed by atoms with Gasteiger partial charge in [0.1, 0.15) is 5.78 Å². The van der Waals surface area contributed by atoms with Gasteiger partial charge in [0.25, 0.3) is 0 Å². The Morgan fingerprint density at radius 1 is 1.14 bits per heavy atom. The highest BCUT2D eigenvalue weighted by Gasteiger charge is 2.52. The molecule has 5 heterocycles. The molecule has 3 atom stereocenters. The zero-order valence-electron chi connectivity index (χ0n) is 22.0. The van der Waals surface area contributed by atoms with Gasteiger partial charge >= 0.3 is 13.1 Å². The Balaban J connectivity index is 1.29. The first-order valence-electron chi connectivity index (χ1n) is 13.5. The molecule has 5 fully saturated rings. The SMILES string of the molecule is CC1(C)OB(c2cc3c(c([C@@H]4COCCN4)c2)CN(C(=O)N2CC4CCC2CC4=O)CC3)OC1(C)C. The number of nitrogens with zero attached hydrogens (tertiary/aromatic N) is 2. The number of amides is 2. The summed E-state index contributed by atoms with van der Waals surface area (Å²) < 4.78 is 18.6. The van der Waals surface area contributed by atoms with Gasteiger partial charge in [-0.15, -0.1) is 0 Å². The molecule has 0 spiro atoms. The first kappa shape index (κ1) is 24.4. The third-order valence-electron chi connectivity index (χ3n) is 9.34. The largest absolute Gasteiger partial charge is 0.494 e. The molecule has 5 aliphatic heterocycles. The molecule has 194 valence electrons. The van der Waals surface area contributed by atoms with E-state index in [-0.39, 0.29) is 24.0 Å². The standard InChI is InChI=1S/C27H38BN3O5/c1-26(2)27(3,4)36-28(35-26)19-11-17-7-9-30(15-22(17)21(12-19)23-16-34-10-8-29-23)25(33)31-14-18-5-6-20(31)13-24(18)32/h11-12,18,20,23,29H,5-10,13-16H2,1-4H3/t18?,20?,23-/m0/s1. The van der Waals surface area contributed by atoms with E-state index in [0.29, 0.717) is 45.1 Å². The summed E-state index contributed by atoms with van der Waals surface area (Å²) in [6, 6.07) is 4.62. The van der Waals surface area contributed by atoms with Crippen LogP contribution in [0.1, 0.15) is 69.7 Å². The van der Waals surface area contributed by atoms with E-state index in [4.69, 9.17) is 14.0 Å². The molecule has 2 amide bonds. The van der Waals surface area contributed by atoms with Crippen molar-refractivity contribution in [1.29, 1.82) is 0 Å². The number of carbonyl (C=O) groups is 2. The average Bonchev–Trinajstić information content (AvgIpc) is 3.10. The molecule has 1 saturated carbocycles. The third kappa shape index (κ3) is 4.08. The van der Waals surface area contributed by atoms with E-state index in [1.807, 2.05) is 9.80 Å². The Kier molecular flexibility index (Phi) is 5.98. The van der Waals surface area contributed by atoms with Gasteiger partial charge in [0.05, 0.1) is 30.5 Å². The Morgan fingerprint density at radius 3 is 2.56 bits per heavy atom. The Labute approximate surface area is 214 Å². The van der Waals surface area contributed by atoms with Crippen molar-refractivity contribution in [2.45, 2.75) is 83.2 Å². The summed E-state index contributed by atoms with van der Waals surface area (Å²) in [4.78, 5) is 29.8. The quantitative estimate of drug-likeness (QED) is 0.634. The second-order valence-corrected chi connectivity index (χ2v) is 12.1. The van der Waals surface area contributed by atoms with Crippen molar-refractivity contribution >= 4 is 24.4 Å². The smallest absolute Gasteiger partial charge is 0.399 e. The van der Waals surface area contributed by atoms with Crippen molar-refractivity contribution in [1.82, 2.24) is 15.1 Å². The molecule has 1 aliphatic carbocycles. The molecule has 1 aromatic carbocycles. The first-order valence-corrected chi connectivity index (χ1v) is 13.5. The number of nitrogens with one attached hydrogen (secondary N) is 1. The number of hydrogen-bond acceptors (Lipinski definition) is 6. The average molecular weight is 495 g/mol. The van der Waals surface area contributed by atoms with Crippen LogP contribution >= 0.6 is 0 Å². The van der Waals surface area contributed by atoms with Gasteiger partial charge in [-0.05, 0) is 69.1 Å². The summed E-state index contributed by atoms with van der Waals surface area (Å²) in [5.41, 5.74) is 3.85. The van der Waals surface area contributed by atoms with Gasteiger partial charge < -0.3 is 29.2 Å². The molecular weight excluding hydrogens is 457 g/mol. The maximum absolute atomic E-state index is 13.6. The molecule has 8 nitrogen and oxygen atoms in total. The van der Waals surface area contributed by atoms with E-state index in [1.54, 1.807) is 0 Å². The fourth-order valence-electron chi connectivity index (χ4n) is 6.39. The number of piperidine rings is 2. The van der Waals surface area contributed by atoms with Gasteiger partial charge in [0.2, 0.25) is 0 Å². The van der Waals surface area contributed by atoms with Crippen LogP contribution in [-0.4, -0.2) is 78.8 Å². The minimum atomic E-state index is -0.426. The molecule has 0 aromatic heterocycles. The van der Waals surface area contributed by atoms with Crippen LogP contribution in [0, 0.1) is 5.92 Å². The number of carbonyl (C=O) groups excluding carboxylic acids is 2. The summed E-state index contributed by atoms with van der Waals surface area (Å²) in [6.45, 7) is 12.2. The van der Waals surface area contributed by atoms with Gasteiger partial charge in [0, 0.05) is 44.6 Å². The molecule has 2 bridgehead atoms. The molecule has 7 rings (SSSR count). The Hall–Kier alpha value is -1.94. The van der Waals surface area contributed by atoms with Crippen molar-refractivity contribution in [2.75, 3.05) is 32.8 Å². The van der Waals surface area contributed by atoms with Gasteiger partial charge in [-0.3, -0.25) is 4.79 Å². The van der Waals surface area contributed by atoms with Crippen LogP contribution in [0.3, 0.4) is 0 Å². The Bertz CT molecular complexity index is 1050. The van der Waals surface area contributed by atoms with E-state index in [0.717, 1.165) is 31.3 Å². The second-order valence-electron chi connectivity index (χ2n) is 12.1. The van der Waals surface area contributed by atoms with Crippen LogP contribution in [0.2, 0.25) is 0 Å². The fraction of sp³-hybridized carbons (Fsp3) is 0.704. The summed E-state index contributed by atoms with van der Waals surface area (Å²) >= 11 is 0. The summed E-state index contributed by atoms with van der Waals surface area (Å²) in [7, 11) is -0.426. The van der Waals surface area contributed by atoms with Gasteiger partial charge in [-0.2, -0.15) is 0 Å². The lowest BCUT2D eigenvalue weighted by molar-refractivity contribution is -0.131. The van der Waals surface area contributed by atoms with Crippen LogP contribution in [-0.2, 0) is 31.8 Å². The van der Waals surface area contributed by atoms with Crippen molar-refractivity contribution < 1.29 is 23.6 Å². The number of benzene rings is 1. The number of ether oxygens (including phenoxy) is 1. The van der Waals surface area contributed by atoms with Crippen molar-refractivity contribution in [3.63, 3.8) is 0 Å². The number of hydrogen-bond donors (Lipinski definition) is 1. The molecule has 1 aromatic rings. The number of morpholine rings is 1. The maximum atomic E-state index is 13.6. The van der Waals surface area contributed by atoms with Crippen molar-refractivity contribution in [3.05, 3.63) is 28.8 Å². The lowest BCUT2D eigenvalue weighted by Gasteiger charge is -2.46. The van der Waals surface area contributed by atoms with Gasteiger partial charge in [-0.25, -0.2) is 4.79 Å². The zero-order chi connectivity index (χ0) is 25.2. The van der Waals surface area contributed by atoms with E-state index in [2.05, 4.69) is 45.1 Å². The van der Waals surface area contributed by atoms with Crippen molar-refractivity contribution in [3.8, 4) is 0 Å². The van der Waals surface area contributed by atoms with E-state index < -0.39 is 18.3 Å². The highest BCUT2D eigenvalue weighted by atomic mass is 16.7. The molecule has 36 heavy (non-hydrogen) atoms. The molecule has 4 saturated heterocycles. The molecular formula is C27H38BN3O5. The number of fused-ring (bicyclic) bond motifs is 4. The number of ketones is 1. The first-order chi connectivity index (χ1) is 17.1. The molecule has 9 heteroatoms.